The SMILES string of the molecule is COc1ccc2c(c1)[C@@]13CCCC[C@H]1[C@@H](C2O)N(C)CC3.Cl. The van der Waals surface area contributed by atoms with Gasteiger partial charge in [0, 0.05) is 11.5 Å². The summed E-state index contributed by atoms with van der Waals surface area (Å²) in [5.74, 6) is 1.52. The van der Waals surface area contributed by atoms with E-state index in [-0.39, 0.29) is 23.9 Å². The number of halogens is 1. The van der Waals surface area contributed by atoms with E-state index in [0.717, 1.165) is 17.9 Å². The summed E-state index contributed by atoms with van der Waals surface area (Å²) in [5.41, 5.74) is 2.80. The maximum Gasteiger partial charge on any atom is 0.119 e. The van der Waals surface area contributed by atoms with E-state index in [9.17, 15) is 5.11 Å². The lowest BCUT2D eigenvalue weighted by molar-refractivity contribution is -0.0680. The minimum atomic E-state index is -0.354. The molecule has 2 fully saturated rings. The molecule has 4 rings (SSSR count). The van der Waals surface area contributed by atoms with Crippen molar-refractivity contribution < 1.29 is 9.84 Å². The molecule has 0 radical (unpaired) electrons. The van der Waals surface area contributed by atoms with E-state index >= 15 is 0 Å². The third-order valence-electron chi connectivity index (χ3n) is 6.37. The third-order valence-corrected chi connectivity index (χ3v) is 6.37. The van der Waals surface area contributed by atoms with Crippen molar-refractivity contribution in [3.05, 3.63) is 29.3 Å². The molecule has 2 bridgehead atoms. The molecule has 1 saturated carbocycles. The molecular formula is C18H26ClNO2. The van der Waals surface area contributed by atoms with Crippen LogP contribution in [0.3, 0.4) is 0 Å². The van der Waals surface area contributed by atoms with Crippen LogP contribution >= 0.6 is 12.4 Å². The first-order valence-corrected chi connectivity index (χ1v) is 8.24. The molecule has 0 spiro atoms. The molecule has 3 nitrogen and oxygen atoms in total. The van der Waals surface area contributed by atoms with Crippen LogP contribution in [0, 0.1) is 5.92 Å². The molecule has 1 aromatic carbocycles. The first kappa shape index (κ1) is 16.1. The van der Waals surface area contributed by atoms with Crippen LogP contribution in [0.1, 0.15) is 49.3 Å². The summed E-state index contributed by atoms with van der Waals surface area (Å²) >= 11 is 0. The fraction of sp³-hybridized carbons (Fsp3) is 0.667. The Morgan fingerprint density at radius 1 is 1.27 bits per heavy atom. The molecular weight excluding hydrogens is 298 g/mol. The molecule has 1 aromatic rings. The average Bonchev–Trinajstić information content (AvgIpc) is 2.53. The van der Waals surface area contributed by atoms with Crippen molar-refractivity contribution in [2.75, 3.05) is 20.7 Å². The Balaban J connectivity index is 0.00000144. The smallest absolute Gasteiger partial charge is 0.119 e. The van der Waals surface area contributed by atoms with Crippen LogP contribution in [0.2, 0.25) is 0 Å². The predicted octanol–water partition coefficient (Wildman–Crippen LogP) is 3.30. The van der Waals surface area contributed by atoms with Gasteiger partial charge in [0.1, 0.15) is 5.75 Å². The highest BCUT2D eigenvalue weighted by atomic mass is 35.5. The number of fused-ring (bicyclic) bond motifs is 1. The van der Waals surface area contributed by atoms with Crippen LogP contribution in [-0.2, 0) is 5.41 Å². The zero-order valence-corrected chi connectivity index (χ0v) is 14.2. The van der Waals surface area contributed by atoms with Crippen LogP contribution in [0.15, 0.2) is 18.2 Å². The second kappa shape index (κ2) is 5.70. The predicted molar refractivity (Wildman–Crippen MR) is 89.9 cm³/mol. The number of benzene rings is 1. The molecule has 1 aliphatic heterocycles. The molecule has 22 heavy (non-hydrogen) atoms. The number of aliphatic hydroxyl groups is 1. The number of rotatable bonds is 1. The van der Waals surface area contributed by atoms with Gasteiger partial charge >= 0.3 is 0 Å². The molecule has 1 unspecified atom stereocenters. The largest absolute Gasteiger partial charge is 0.497 e. The van der Waals surface area contributed by atoms with Gasteiger partial charge in [-0.15, -0.1) is 12.4 Å². The van der Waals surface area contributed by atoms with Crippen LogP contribution in [0.25, 0.3) is 0 Å². The Morgan fingerprint density at radius 3 is 2.86 bits per heavy atom. The summed E-state index contributed by atoms with van der Waals surface area (Å²) < 4.78 is 5.46. The van der Waals surface area contributed by atoms with Crippen molar-refractivity contribution in [3.8, 4) is 5.75 Å². The van der Waals surface area contributed by atoms with E-state index in [1.54, 1.807) is 7.11 Å². The standard InChI is InChI=1S/C18H25NO2.ClH/c1-19-10-9-18-8-4-3-5-14(18)16(19)17(20)13-7-6-12(21-2)11-15(13)18;/h6-7,11,14,16-17,20H,3-5,8-10H2,1-2H3;1H/t14-,16-,17?,18+;/m0./s1. The van der Waals surface area contributed by atoms with Crippen molar-refractivity contribution in [1.82, 2.24) is 4.90 Å². The van der Waals surface area contributed by atoms with Gasteiger partial charge in [0.25, 0.3) is 0 Å². The molecule has 122 valence electrons. The fourth-order valence-electron chi connectivity index (χ4n) is 5.37. The maximum absolute atomic E-state index is 11.0. The second-order valence-electron chi connectivity index (χ2n) is 7.13. The van der Waals surface area contributed by atoms with Gasteiger partial charge in [-0.25, -0.2) is 0 Å². The first-order valence-electron chi connectivity index (χ1n) is 8.24. The van der Waals surface area contributed by atoms with Crippen molar-refractivity contribution >= 4 is 12.4 Å². The van der Waals surface area contributed by atoms with E-state index < -0.39 is 0 Å². The number of hydrogen-bond acceptors (Lipinski definition) is 3. The third kappa shape index (κ3) is 2.02. The summed E-state index contributed by atoms with van der Waals surface area (Å²) in [6.07, 6.45) is 6.02. The van der Waals surface area contributed by atoms with Gasteiger partial charge in [0.2, 0.25) is 0 Å². The average molecular weight is 324 g/mol. The Kier molecular flexibility index (Phi) is 4.17. The number of hydrogen-bond donors (Lipinski definition) is 1. The number of likely N-dealkylation sites (N-methyl/N-ethyl adjacent to an activating group) is 1. The number of aliphatic hydroxyl groups excluding tert-OH is 1. The highest BCUT2D eigenvalue weighted by Crippen LogP contribution is 2.58. The quantitative estimate of drug-likeness (QED) is 0.860. The molecule has 4 heteroatoms. The summed E-state index contributed by atoms with van der Waals surface area (Å²) in [6, 6.07) is 6.59. The molecule has 1 heterocycles. The fourth-order valence-corrected chi connectivity index (χ4v) is 5.37. The van der Waals surface area contributed by atoms with Gasteiger partial charge in [-0.05, 0) is 62.0 Å². The molecule has 0 amide bonds. The first-order chi connectivity index (χ1) is 10.2. The zero-order chi connectivity index (χ0) is 14.6. The van der Waals surface area contributed by atoms with Crippen molar-refractivity contribution in [2.45, 2.75) is 49.7 Å². The van der Waals surface area contributed by atoms with E-state index in [4.69, 9.17) is 4.74 Å². The van der Waals surface area contributed by atoms with E-state index in [2.05, 4.69) is 24.1 Å². The zero-order valence-electron chi connectivity index (χ0n) is 13.4. The highest BCUT2D eigenvalue weighted by molar-refractivity contribution is 5.85. The molecule has 1 N–H and O–H groups in total. The summed E-state index contributed by atoms with van der Waals surface area (Å²) in [4.78, 5) is 2.39. The topological polar surface area (TPSA) is 32.7 Å². The van der Waals surface area contributed by atoms with Crippen LogP contribution in [-0.4, -0.2) is 36.8 Å². The highest BCUT2D eigenvalue weighted by Gasteiger charge is 2.56. The maximum atomic E-state index is 11.0. The van der Waals surface area contributed by atoms with Gasteiger partial charge in [-0.1, -0.05) is 18.9 Å². The van der Waals surface area contributed by atoms with E-state index in [1.165, 1.54) is 37.7 Å². The Bertz CT molecular complexity index is 564. The van der Waals surface area contributed by atoms with E-state index in [0.29, 0.717) is 12.0 Å². The van der Waals surface area contributed by atoms with Crippen LogP contribution < -0.4 is 4.74 Å². The lowest BCUT2D eigenvalue weighted by Gasteiger charge is -2.59. The Labute approximate surface area is 139 Å². The number of nitrogens with zero attached hydrogens (tertiary/aromatic N) is 1. The van der Waals surface area contributed by atoms with Crippen molar-refractivity contribution in [3.63, 3.8) is 0 Å². The number of piperidine rings is 1. The monoisotopic (exact) mass is 323 g/mol. The molecule has 3 aliphatic rings. The number of methoxy groups -OCH3 is 1. The second-order valence-corrected chi connectivity index (χ2v) is 7.13. The molecule has 0 aromatic heterocycles. The van der Waals surface area contributed by atoms with Crippen LogP contribution in [0.5, 0.6) is 5.75 Å². The van der Waals surface area contributed by atoms with Gasteiger partial charge in [0.05, 0.1) is 13.2 Å². The Hall–Kier alpha value is -0.770. The lowest BCUT2D eigenvalue weighted by atomic mass is 9.52. The Morgan fingerprint density at radius 2 is 2.09 bits per heavy atom. The molecule has 1 saturated heterocycles. The van der Waals surface area contributed by atoms with Gasteiger partial charge in [-0.2, -0.15) is 0 Å². The molecule has 4 atom stereocenters. The van der Waals surface area contributed by atoms with Gasteiger partial charge in [0.15, 0.2) is 0 Å². The summed E-state index contributed by atoms with van der Waals surface area (Å²) in [6.45, 7) is 1.09. The minimum absolute atomic E-state index is 0. The summed E-state index contributed by atoms with van der Waals surface area (Å²) in [5, 5.41) is 11.0. The minimum Gasteiger partial charge on any atom is -0.497 e. The number of ether oxygens (including phenoxy) is 1. The van der Waals surface area contributed by atoms with E-state index in [1.807, 2.05) is 6.07 Å². The normalized spacial score (nSPS) is 36.8. The molecule has 2 aliphatic carbocycles. The van der Waals surface area contributed by atoms with Gasteiger partial charge in [-0.3, -0.25) is 0 Å². The van der Waals surface area contributed by atoms with Crippen molar-refractivity contribution in [2.24, 2.45) is 5.92 Å². The van der Waals surface area contributed by atoms with Crippen LogP contribution in [0.4, 0.5) is 0 Å². The number of likely N-dealkylation sites (tertiary alicyclic amines) is 1. The van der Waals surface area contributed by atoms with Gasteiger partial charge < -0.3 is 14.7 Å². The summed E-state index contributed by atoms with van der Waals surface area (Å²) in [7, 11) is 3.91. The van der Waals surface area contributed by atoms with Crippen molar-refractivity contribution in [1.29, 1.82) is 0 Å². The lowest BCUT2D eigenvalue weighted by Crippen LogP contribution is -2.61.